The van der Waals surface area contributed by atoms with Crippen molar-refractivity contribution < 1.29 is 19.4 Å². The number of hydrazine groups is 1. The van der Waals surface area contributed by atoms with E-state index in [1.54, 1.807) is 22.2 Å². The highest BCUT2D eigenvalue weighted by atomic mass is 16.5. The number of aromatic hydroxyl groups is 1. The Kier molecular flexibility index (Phi) is 9.50. The number of nitrogens with zero attached hydrogens (tertiary/aromatic N) is 5. The van der Waals surface area contributed by atoms with Crippen molar-refractivity contribution in [1.29, 1.82) is 0 Å². The first-order chi connectivity index (χ1) is 22.0. The Morgan fingerprint density at radius 2 is 1.71 bits per heavy atom. The molecule has 0 spiro atoms. The number of phenolic OH excluding ortho intramolecular Hbond substituents is 1. The number of fused-ring (bicyclic) bond motifs is 1. The first kappa shape index (κ1) is 30.5. The summed E-state index contributed by atoms with van der Waals surface area (Å²) in [7, 11) is 0. The van der Waals surface area contributed by atoms with Gasteiger partial charge in [-0.3, -0.25) is 9.69 Å². The Labute approximate surface area is 264 Å². The minimum absolute atomic E-state index is 0.0210. The van der Waals surface area contributed by atoms with Gasteiger partial charge < -0.3 is 25.0 Å². The fourth-order valence-electron chi connectivity index (χ4n) is 6.57. The van der Waals surface area contributed by atoms with Crippen LogP contribution in [0.3, 0.4) is 0 Å². The van der Waals surface area contributed by atoms with E-state index in [2.05, 4.69) is 45.3 Å². The summed E-state index contributed by atoms with van der Waals surface area (Å²) in [6.07, 6.45) is 5.77. The van der Waals surface area contributed by atoms with E-state index in [-0.39, 0.29) is 36.8 Å². The second kappa shape index (κ2) is 14.0. The number of anilines is 1. The van der Waals surface area contributed by atoms with Crippen LogP contribution in [0.2, 0.25) is 0 Å². The number of morpholine rings is 1. The molecule has 0 saturated carbocycles. The number of benzene rings is 3. The molecule has 3 saturated heterocycles. The van der Waals surface area contributed by atoms with Gasteiger partial charge in [0.05, 0.1) is 32.3 Å². The third-order valence-corrected chi connectivity index (χ3v) is 8.67. The smallest absolute Gasteiger partial charge is 0.334 e. The summed E-state index contributed by atoms with van der Waals surface area (Å²) in [4.78, 5) is 34.2. The molecular formula is C35H40N6O4. The fraction of sp³-hybridized carbons (Fsp3) is 0.371. The van der Waals surface area contributed by atoms with E-state index in [1.807, 2.05) is 47.4 Å². The predicted molar refractivity (Wildman–Crippen MR) is 172 cm³/mol. The van der Waals surface area contributed by atoms with Gasteiger partial charge in [0, 0.05) is 45.0 Å². The fourth-order valence-corrected chi connectivity index (χ4v) is 6.57. The van der Waals surface area contributed by atoms with Gasteiger partial charge in [-0.25, -0.2) is 9.80 Å². The normalized spacial score (nSPS) is 20.9. The van der Waals surface area contributed by atoms with Crippen molar-refractivity contribution in [2.24, 2.45) is 0 Å². The highest BCUT2D eigenvalue weighted by Crippen LogP contribution is 2.29. The molecule has 234 valence electrons. The van der Waals surface area contributed by atoms with Crippen molar-refractivity contribution in [3.8, 4) is 18.1 Å². The number of carbonyl (C=O) groups is 2. The zero-order valence-electron chi connectivity index (χ0n) is 25.4. The summed E-state index contributed by atoms with van der Waals surface area (Å²) in [6, 6.07) is 25.0. The molecule has 45 heavy (non-hydrogen) atoms. The molecule has 3 amide bonds. The molecule has 3 aromatic carbocycles. The van der Waals surface area contributed by atoms with Crippen molar-refractivity contribution in [3.05, 3.63) is 95.6 Å². The molecule has 3 heterocycles. The Morgan fingerprint density at radius 3 is 2.47 bits per heavy atom. The van der Waals surface area contributed by atoms with Crippen LogP contribution in [0.25, 0.3) is 0 Å². The summed E-state index contributed by atoms with van der Waals surface area (Å²) in [6.45, 7) is 5.45. The van der Waals surface area contributed by atoms with E-state index in [0.717, 1.165) is 37.4 Å². The third-order valence-electron chi connectivity index (χ3n) is 8.67. The number of amides is 3. The third kappa shape index (κ3) is 7.23. The largest absolute Gasteiger partial charge is 0.508 e. The van der Waals surface area contributed by atoms with Gasteiger partial charge >= 0.3 is 6.03 Å². The lowest BCUT2D eigenvalue weighted by Crippen LogP contribution is -2.75. The molecule has 3 aliphatic heterocycles. The minimum Gasteiger partial charge on any atom is -0.508 e. The van der Waals surface area contributed by atoms with Gasteiger partial charge in [-0.05, 0) is 47.4 Å². The van der Waals surface area contributed by atoms with Gasteiger partial charge in [-0.1, -0.05) is 60.5 Å². The summed E-state index contributed by atoms with van der Waals surface area (Å²) in [5, 5.41) is 16.3. The molecule has 3 aromatic rings. The van der Waals surface area contributed by atoms with Crippen molar-refractivity contribution in [1.82, 2.24) is 25.1 Å². The van der Waals surface area contributed by atoms with E-state index in [0.29, 0.717) is 32.6 Å². The molecule has 2 atom stereocenters. The molecule has 3 fully saturated rings. The maximum absolute atomic E-state index is 13.9. The molecule has 6 rings (SSSR count). The van der Waals surface area contributed by atoms with Crippen LogP contribution >= 0.6 is 0 Å². The average molecular weight is 609 g/mol. The molecule has 0 radical (unpaired) electrons. The summed E-state index contributed by atoms with van der Waals surface area (Å²) >= 11 is 0. The Balaban J connectivity index is 1.29. The van der Waals surface area contributed by atoms with Crippen molar-refractivity contribution in [2.45, 2.75) is 31.7 Å². The van der Waals surface area contributed by atoms with E-state index >= 15 is 0 Å². The number of hydrogen-bond acceptors (Lipinski definition) is 7. The van der Waals surface area contributed by atoms with Gasteiger partial charge in [-0.15, -0.1) is 6.42 Å². The van der Waals surface area contributed by atoms with E-state index < -0.39 is 6.17 Å². The van der Waals surface area contributed by atoms with Gasteiger partial charge in [0.1, 0.15) is 11.9 Å². The van der Waals surface area contributed by atoms with Crippen LogP contribution in [-0.4, -0.2) is 102 Å². The molecule has 10 heteroatoms. The summed E-state index contributed by atoms with van der Waals surface area (Å²) in [5.74, 6) is 2.78. The van der Waals surface area contributed by atoms with Crippen LogP contribution in [-0.2, 0) is 29.0 Å². The number of rotatable bonds is 8. The standard InChI is InChI=1S/C35H40N6O4/c1-2-15-39-26-34(43)40-31(20-27-11-13-32(42)14-12-27)24-37(23-29-9-6-10-30(21-29)38-16-18-45-19-17-38)25-33(40)41(39)35(44)36-22-28-7-4-3-5-8-28/h1,3-14,21,31,33,42H,15-20,22-26H2,(H,36,44)/t31-,33-/m0/s1. The lowest BCUT2D eigenvalue weighted by molar-refractivity contribution is -0.182. The molecule has 0 aliphatic carbocycles. The van der Waals surface area contributed by atoms with Crippen molar-refractivity contribution in [3.63, 3.8) is 0 Å². The molecule has 2 N–H and O–H groups in total. The van der Waals surface area contributed by atoms with E-state index in [4.69, 9.17) is 11.2 Å². The number of ether oxygens (including phenoxy) is 1. The number of nitrogens with one attached hydrogen (secondary N) is 1. The number of piperazine rings is 1. The van der Waals surface area contributed by atoms with Crippen LogP contribution in [0.4, 0.5) is 10.5 Å². The zero-order chi connectivity index (χ0) is 31.2. The van der Waals surface area contributed by atoms with E-state index in [9.17, 15) is 14.7 Å². The molecular weight excluding hydrogens is 568 g/mol. The van der Waals surface area contributed by atoms with Crippen LogP contribution in [0.5, 0.6) is 5.75 Å². The van der Waals surface area contributed by atoms with Crippen LogP contribution in [0, 0.1) is 12.3 Å². The lowest BCUT2D eigenvalue weighted by atomic mass is 9.99. The van der Waals surface area contributed by atoms with Crippen molar-refractivity contribution in [2.75, 3.05) is 57.4 Å². The molecule has 0 unspecified atom stereocenters. The summed E-state index contributed by atoms with van der Waals surface area (Å²) < 4.78 is 5.55. The van der Waals surface area contributed by atoms with Crippen LogP contribution in [0.15, 0.2) is 78.9 Å². The van der Waals surface area contributed by atoms with Gasteiger partial charge in [0.25, 0.3) is 0 Å². The number of urea groups is 1. The Bertz CT molecular complexity index is 1500. The SMILES string of the molecule is C#CCN1CC(=O)N2[C@@H](Cc3ccc(O)cc3)CN(Cc3cccc(N4CCOCC4)c3)C[C@@H]2N1C(=O)NCc1ccccc1. The number of terminal acetylenes is 1. The first-order valence-corrected chi connectivity index (χ1v) is 15.5. The topological polar surface area (TPSA) is 91.8 Å². The van der Waals surface area contributed by atoms with Gasteiger partial charge in [-0.2, -0.15) is 5.01 Å². The monoisotopic (exact) mass is 608 g/mol. The second-order valence-electron chi connectivity index (χ2n) is 11.8. The number of carbonyl (C=O) groups excluding carboxylic acids is 2. The minimum atomic E-state index is -0.548. The molecule has 0 aromatic heterocycles. The molecule has 10 nitrogen and oxygen atoms in total. The maximum Gasteiger partial charge on any atom is 0.334 e. The average Bonchev–Trinajstić information content (AvgIpc) is 3.06. The van der Waals surface area contributed by atoms with E-state index in [1.165, 1.54) is 11.3 Å². The predicted octanol–water partition coefficient (Wildman–Crippen LogP) is 2.89. The van der Waals surface area contributed by atoms with Gasteiger partial charge in [0.2, 0.25) is 5.91 Å². The highest BCUT2D eigenvalue weighted by Gasteiger charge is 2.48. The van der Waals surface area contributed by atoms with Crippen LogP contribution in [0.1, 0.15) is 16.7 Å². The van der Waals surface area contributed by atoms with Gasteiger partial charge in [0.15, 0.2) is 0 Å². The quantitative estimate of drug-likeness (QED) is 0.380. The zero-order valence-corrected chi connectivity index (χ0v) is 25.4. The lowest BCUT2D eigenvalue weighted by Gasteiger charge is -2.55. The number of hydrogen-bond donors (Lipinski definition) is 2. The maximum atomic E-state index is 13.9. The Morgan fingerprint density at radius 1 is 0.956 bits per heavy atom. The Hall–Kier alpha value is -4.56. The summed E-state index contributed by atoms with van der Waals surface area (Å²) in [5.41, 5.74) is 4.32. The molecule has 0 bridgehead atoms. The highest BCUT2D eigenvalue weighted by molar-refractivity contribution is 5.83. The van der Waals surface area contributed by atoms with Crippen LogP contribution < -0.4 is 10.2 Å². The second-order valence-corrected chi connectivity index (χ2v) is 11.8. The molecule has 3 aliphatic rings. The first-order valence-electron chi connectivity index (χ1n) is 15.5. The number of phenols is 1. The van der Waals surface area contributed by atoms with Crippen molar-refractivity contribution >= 4 is 17.6 Å².